The van der Waals surface area contributed by atoms with Crippen LogP contribution in [0, 0.1) is 19.3 Å². The average molecular weight is 540 g/mol. The molecule has 0 aromatic carbocycles. The van der Waals surface area contributed by atoms with Crippen LogP contribution >= 0.6 is 35.1 Å². The molecule has 0 amide bonds. The lowest BCUT2D eigenvalue weighted by atomic mass is 9.99. The predicted molar refractivity (Wildman–Crippen MR) is 105 cm³/mol. The van der Waals surface area contributed by atoms with E-state index in [4.69, 9.17) is 43.2 Å². The van der Waals surface area contributed by atoms with Crippen molar-refractivity contribution in [3.05, 3.63) is 22.2 Å². The van der Waals surface area contributed by atoms with Gasteiger partial charge in [-0.2, -0.15) is 13.6 Å². The number of hydrogen-bond acceptors (Lipinski definition) is 11. The maximum absolute atomic E-state index is 12.3. The molecule has 0 bridgehead atoms. The van der Waals surface area contributed by atoms with Crippen LogP contribution in [0.5, 0.6) is 0 Å². The fourth-order valence-corrected chi connectivity index (χ4v) is 6.00. The van der Waals surface area contributed by atoms with E-state index in [-0.39, 0.29) is 11.5 Å². The second kappa shape index (κ2) is 9.25. The van der Waals surface area contributed by atoms with Crippen LogP contribution in [0.2, 0.25) is 0 Å². The highest BCUT2D eigenvalue weighted by Gasteiger charge is 2.57. The number of anilines is 1. The summed E-state index contributed by atoms with van der Waals surface area (Å²) in [4.78, 5) is 49.4. The molecule has 0 radical (unpaired) electrons. The number of nitrogens with two attached hydrogens (primary N) is 1. The average Bonchev–Trinajstić information content (AvgIpc) is 2.81. The van der Waals surface area contributed by atoms with Gasteiger partial charge in [-0.05, 0) is 13.0 Å². The predicted octanol–water partition coefficient (Wildman–Crippen LogP) is -0.654. The third-order valence-corrected chi connectivity index (χ3v) is 8.21. The number of aliphatic hydroxyl groups excluding tert-OH is 1. The van der Waals surface area contributed by atoms with Crippen molar-refractivity contribution in [3.8, 4) is 12.3 Å². The molecule has 1 aromatic heterocycles. The van der Waals surface area contributed by atoms with Crippen molar-refractivity contribution in [1.82, 2.24) is 9.55 Å². The maximum Gasteiger partial charge on any atom is 0.490 e. The molecule has 0 saturated carbocycles. The number of phosphoric acid groups is 3. The van der Waals surface area contributed by atoms with E-state index < -0.39 is 59.1 Å². The Bertz CT molecular complexity index is 1130. The van der Waals surface area contributed by atoms with Crippen LogP contribution < -0.4 is 11.4 Å². The van der Waals surface area contributed by atoms with Gasteiger partial charge >= 0.3 is 29.2 Å². The number of terminal acetylenes is 1. The second-order valence-corrected chi connectivity index (χ2v) is 11.3. The number of aliphatic hydroxyl groups is 1. The highest BCUT2D eigenvalue weighted by molar-refractivity contribution is 7.66. The smallest absolute Gasteiger partial charge is 0.387 e. The Balaban J connectivity index is 2.23. The third-order valence-electron chi connectivity index (χ3n) is 3.89. The molecular weight excluding hydrogens is 523 g/mol. The lowest BCUT2D eigenvalue weighted by Crippen LogP contribution is -2.44. The number of halogens is 1. The van der Waals surface area contributed by atoms with E-state index in [2.05, 4.69) is 24.0 Å². The number of rotatable bonds is 8. The van der Waals surface area contributed by atoms with Gasteiger partial charge in [0.1, 0.15) is 18.0 Å². The van der Waals surface area contributed by atoms with E-state index >= 15 is 0 Å². The van der Waals surface area contributed by atoms with Gasteiger partial charge < -0.3 is 35.2 Å². The largest absolute Gasteiger partial charge is 0.490 e. The maximum atomic E-state index is 12.3. The van der Waals surface area contributed by atoms with Gasteiger partial charge in [-0.1, -0.05) is 17.5 Å². The Kier molecular flexibility index (Phi) is 7.83. The Labute approximate surface area is 184 Å². The van der Waals surface area contributed by atoms with Crippen molar-refractivity contribution < 1.29 is 56.3 Å². The van der Waals surface area contributed by atoms with E-state index in [0.717, 1.165) is 4.57 Å². The summed E-state index contributed by atoms with van der Waals surface area (Å²) in [5, 5.41) is 10.5. The van der Waals surface area contributed by atoms with E-state index in [9.17, 15) is 28.5 Å². The first-order valence-electron chi connectivity index (χ1n) is 8.05. The van der Waals surface area contributed by atoms with Gasteiger partial charge in [-0.15, -0.1) is 6.42 Å². The molecule has 1 aliphatic heterocycles. The van der Waals surface area contributed by atoms with Gasteiger partial charge in [0, 0.05) is 5.69 Å². The quantitative estimate of drug-likeness (QED) is 0.136. The highest BCUT2D eigenvalue weighted by Crippen LogP contribution is 2.66. The summed E-state index contributed by atoms with van der Waals surface area (Å²) in [6, 6.07) is 1.28. The number of phosphoric ester groups is 1. The zero-order valence-electron chi connectivity index (χ0n) is 15.8. The van der Waals surface area contributed by atoms with Crippen LogP contribution in [0.4, 0.5) is 5.82 Å². The van der Waals surface area contributed by atoms with Crippen LogP contribution in [0.15, 0.2) is 10.9 Å². The molecule has 16 nitrogen and oxygen atoms in total. The Morgan fingerprint density at radius 2 is 1.91 bits per heavy atom. The van der Waals surface area contributed by atoms with E-state index in [1.54, 1.807) is 0 Å². The fraction of sp³-hybridized carbons (Fsp3) is 0.500. The van der Waals surface area contributed by atoms with Crippen LogP contribution in [-0.4, -0.2) is 57.9 Å². The number of hydrogen-bond donors (Lipinski definition) is 6. The summed E-state index contributed by atoms with van der Waals surface area (Å²) in [6.45, 7) is 0.385. The monoisotopic (exact) mass is 539 g/mol. The zero-order chi connectivity index (χ0) is 24.7. The second-order valence-electron chi connectivity index (χ2n) is 6.25. The zero-order valence-corrected chi connectivity index (χ0v) is 19.2. The topological polar surface area (TPSA) is 250 Å². The van der Waals surface area contributed by atoms with Crippen molar-refractivity contribution in [3.63, 3.8) is 0 Å². The summed E-state index contributed by atoms with van der Waals surface area (Å²) >= 11 is 6.27. The molecule has 32 heavy (non-hydrogen) atoms. The standard InChI is InChI=1S/C12H17ClN3O13P3/c1-3-12(13)9(17)7(27-10(12)16-6(2)4-8(14)15-11(16)18)5-26-31(22,23)29-32(24,25)28-30(19,20)21/h1,4,7,9-10,17H,5H2,2H3,(H,22,23)(H,24,25)(H2,14,15,18)(H2,19,20,21)/t7-,9+,10-,12?/m1/s1. The normalized spacial score (nSPS) is 29.8. The molecule has 0 aliphatic carbocycles. The molecular formula is C12H17ClN3O13P3. The van der Waals surface area contributed by atoms with Crippen LogP contribution in [-0.2, 0) is 31.6 Å². The first kappa shape index (κ1) is 27.1. The fourth-order valence-electron chi connectivity index (χ4n) is 2.68. The molecule has 2 rings (SSSR count). The molecule has 1 saturated heterocycles. The third kappa shape index (κ3) is 6.25. The minimum atomic E-state index is -5.75. The van der Waals surface area contributed by atoms with Crippen LogP contribution in [0.1, 0.15) is 11.9 Å². The summed E-state index contributed by atoms with van der Waals surface area (Å²) in [7, 11) is -16.8. The minimum Gasteiger partial charge on any atom is -0.387 e. The molecule has 6 atom stereocenters. The van der Waals surface area contributed by atoms with Gasteiger partial charge in [0.2, 0.25) is 0 Å². The lowest BCUT2D eigenvalue weighted by molar-refractivity contribution is -0.0461. The van der Waals surface area contributed by atoms with E-state index in [0.29, 0.717) is 0 Å². The highest BCUT2D eigenvalue weighted by atomic mass is 35.5. The van der Waals surface area contributed by atoms with Crippen molar-refractivity contribution in [2.24, 2.45) is 0 Å². The van der Waals surface area contributed by atoms with Crippen LogP contribution in [0.25, 0.3) is 0 Å². The molecule has 180 valence electrons. The van der Waals surface area contributed by atoms with E-state index in [1.807, 2.05) is 0 Å². The van der Waals surface area contributed by atoms with Crippen LogP contribution in [0.3, 0.4) is 0 Å². The molecule has 20 heteroatoms. The Morgan fingerprint density at radius 3 is 2.41 bits per heavy atom. The van der Waals surface area contributed by atoms with E-state index in [1.165, 1.54) is 13.0 Å². The number of nitrogen functional groups attached to an aromatic ring is 1. The van der Waals surface area contributed by atoms with Gasteiger partial charge in [-0.3, -0.25) is 9.09 Å². The van der Waals surface area contributed by atoms with Gasteiger partial charge in [0.15, 0.2) is 11.1 Å². The first-order chi connectivity index (χ1) is 14.4. The number of alkyl halides is 1. The number of ether oxygens (including phenoxy) is 1. The summed E-state index contributed by atoms with van der Waals surface area (Å²) in [6.07, 6.45) is 0.415. The van der Waals surface area contributed by atoms with Crippen molar-refractivity contribution in [2.75, 3.05) is 12.3 Å². The molecule has 3 unspecified atom stereocenters. The van der Waals surface area contributed by atoms with Crippen molar-refractivity contribution in [1.29, 1.82) is 0 Å². The SMILES string of the molecule is C#CC1(Cl)[C@@H](O)[C@@H](COP(=O)(O)OP(=O)(O)OP(=O)(O)O)O[C@H]1n1c(C)cc(N)nc1=O. The summed E-state index contributed by atoms with van der Waals surface area (Å²) in [5.74, 6) is 1.94. The molecule has 1 fully saturated rings. The molecule has 0 spiro atoms. The number of aryl methyl sites for hydroxylation is 1. The summed E-state index contributed by atoms with van der Waals surface area (Å²) < 4.78 is 51.7. The van der Waals surface area contributed by atoms with Gasteiger partial charge in [-0.25, -0.2) is 18.5 Å². The van der Waals surface area contributed by atoms with Crippen molar-refractivity contribution in [2.45, 2.75) is 30.2 Å². The molecule has 1 aromatic rings. The van der Waals surface area contributed by atoms with Gasteiger partial charge in [0.25, 0.3) is 0 Å². The lowest BCUT2D eigenvalue weighted by Gasteiger charge is -2.26. The molecule has 1 aliphatic rings. The van der Waals surface area contributed by atoms with Crippen molar-refractivity contribution >= 4 is 40.9 Å². The number of aromatic nitrogens is 2. The minimum absolute atomic E-state index is 0.118. The Hall–Kier alpha value is -1.14. The summed E-state index contributed by atoms with van der Waals surface area (Å²) in [5.41, 5.74) is 4.73. The van der Waals surface area contributed by atoms with Gasteiger partial charge in [0.05, 0.1) is 6.61 Å². The first-order valence-corrected chi connectivity index (χ1v) is 12.9. The Morgan fingerprint density at radius 1 is 1.31 bits per heavy atom. The number of nitrogens with zero attached hydrogens (tertiary/aromatic N) is 2. The molecule has 2 heterocycles. The molecule has 7 N–H and O–H groups in total.